The molecular formula is C19H30N8O3S2. The van der Waals surface area contributed by atoms with Gasteiger partial charge in [-0.3, -0.25) is 4.79 Å². The van der Waals surface area contributed by atoms with E-state index in [9.17, 15) is 13.2 Å². The van der Waals surface area contributed by atoms with Crippen LogP contribution in [0.2, 0.25) is 0 Å². The number of hydrogen-bond donors (Lipinski definition) is 0. The van der Waals surface area contributed by atoms with Crippen LogP contribution in [0.15, 0.2) is 5.16 Å². The SMILES string of the molecule is CSc1nc2nc(C)c(CC(=O)N3CCN(S(=O)(=O)N4CCN(C)CC4)CC3)c(C)n2n1. The number of carbonyl (C=O) groups excluding carboxylic acids is 1. The van der Waals surface area contributed by atoms with Crippen molar-refractivity contribution in [3.05, 3.63) is 17.0 Å². The maximum absolute atomic E-state index is 13.0. The molecule has 0 radical (unpaired) electrons. The van der Waals surface area contributed by atoms with E-state index in [-0.39, 0.29) is 12.3 Å². The van der Waals surface area contributed by atoms with Gasteiger partial charge in [0.15, 0.2) is 0 Å². The lowest BCUT2D eigenvalue weighted by atomic mass is 10.1. The van der Waals surface area contributed by atoms with Crippen molar-refractivity contribution in [2.75, 3.05) is 65.7 Å². The van der Waals surface area contributed by atoms with Crippen LogP contribution >= 0.6 is 11.8 Å². The lowest BCUT2D eigenvalue weighted by Crippen LogP contribution is -2.57. The van der Waals surface area contributed by atoms with Gasteiger partial charge in [0.2, 0.25) is 11.1 Å². The second-order valence-electron chi connectivity index (χ2n) is 8.24. The molecule has 0 bridgehead atoms. The molecule has 0 aliphatic carbocycles. The molecule has 11 nitrogen and oxygen atoms in total. The van der Waals surface area contributed by atoms with E-state index in [2.05, 4.69) is 20.0 Å². The highest BCUT2D eigenvalue weighted by Crippen LogP contribution is 2.19. The first-order valence-corrected chi connectivity index (χ1v) is 13.3. The van der Waals surface area contributed by atoms with Gasteiger partial charge in [-0.25, -0.2) is 9.50 Å². The lowest BCUT2D eigenvalue weighted by molar-refractivity contribution is -0.131. The highest BCUT2D eigenvalue weighted by molar-refractivity contribution is 7.98. The minimum atomic E-state index is -3.48. The summed E-state index contributed by atoms with van der Waals surface area (Å²) in [6.45, 7) is 7.69. The Bertz CT molecular complexity index is 1100. The van der Waals surface area contributed by atoms with Crippen LogP contribution in [-0.4, -0.2) is 118 Å². The summed E-state index contributed by atoms with van der Waals surface area (Å²) in [6.07, 6.45) is 2.12. The summed E-state index contributed by atoms with van der Waals surface area (Å²) in [6, 6.07) is 0. The summed E-state index contributed by atoms with van der Waals surface area (Å²) in [5.74, 6) is 0.502. The van der Waals surface area contributed by atoms with Crippen LogP contribution in [0.5, 0.6) is 0 Å². The van der Waals surface area contributed by atoms with Gasteiger partial charge in [0.05, 0.1) is 6.42 Å². The van der Waals surface area contributed by atoms with E-state index in [4.69, 9.17) is 0 Å². The monoisotopic (exact) mass is 482 g/mol. The van der Waals surface area contributed by atoms with Crippen LogP contribution in [0.4, 0.5) is 0 Å². The van der Waals surface area contributed by atoms with E-state index < -0.39 is 10.2 Å². The van der Waals surface area contributed by atoms with Gasteiger partial charge >= 0.3 is 0 Å². The van der Waals surface area contributed by atoms with Crippen molar-refractivity contribution in [1.29, 1.82) is 0 Å². The molecule has 0 spiro atoms. The molecule has 0 aromatic carbocycles. The van der Waals surface area contributed by atoms with Gasteiger partial charge in [0, 0.05) is 69.3 Å². The number of aromatic nitrogens is 4. The molecule has 176 valence electrons. The first-order chi connectivity index (χ1) is 15.2. The molecule has 2 saturated heterocycles. The van der Waals surface area contributed by atoms with Crippen LogP contribution in [0, 0.1) is 13.8 Å². The first kappa shape index (κ1) is 23.4. The van der Waals surface area contributed by atoms with E-state index in [1.807, 2.05) is 27.2 Å². The molecule has 4 rings (SSSR count). The molecule has 2 aliphatic heterocycles. The number of thioether (sulfide) groups is 1. The van der Waals surface area contributed by atoms with Crippen molar-refractivity contribution in [2.24, 2.45) is 0 Å². The van der Waals surface area contributed by atoms with Gasteiger partial charge in [-0.2, -0.15) is 22.0 Å². The van der Waals surface area contributed by atoms with Gasteiger partial charge in [0.25, 0.3) is 16.0 Å². The van der Waals surface area contributed by atoms with Crippen molar-refractivity contribution >= 4 is 33.7 Å². The second kappa shape index (κ2) is 9.21. The minimum Gasteiger partial charge on any atom is -0.340 e. The number of rotatable bonds is 5. The second-order valence-corrected chi connectivity index (χ2v) is 10.9. The predicted molar refractivity (Wildman–Crippen MR) is 122 cm³/mol. The molecule has 13 heteroatoms. The zero-order chi connectivity index (χ0) is 23.0. The Kier molecular flexibility index (Phi) is 6.73. The molecule has 32 heavy (non-hydrogen) atoms. The minimum absolute atomic E-state index is 0.0285. The van der Waals surface area contributed by atoms with E-state index in [1.165, 1.54) is 16.1 Å². The number of fused-ring (bicyclic) bond motifs is 1. The van der Waals surface area contributed by atoms with Crippen LogP contribution in [0.3, 0.4) is 0 Å². The van der Waals surface area contributed by atoms with Crippen LogP contribution in [0.25, 0.3) is 5.78 Å². The number of hydrogen-bond acceptors (Lipinski definition) is 8. The summed E-state index contributed by atoms with van der Waals surface area (Å²) in [4.78, 5) is 25.8. The quantitative estimate of drug-likeness (QED) is 0.532. The molecule has 0 atom stereocenters. The van der Waals surface area contributed by atoms with Crippen LogP contribution in [-0.2, 0) is 21.4 Å². The fourth-order valence-electron chi connectivity index (χ4n) is 4.15. The fraction of sp³-hybridized carbons (Fsp3) is 0.684. The number of amides is 1. The standard InChI is InChI=1S/C19H30N8O3S2/c1-14-16(15(2)27-18(20-14)21-19(22-27)31-4)13-17(28)24-7-11-26(12-8-24)32(29,30)25-9-5-23(3)6-10-25/h5-13H2,1-4H3. The highest BCUT2D eigenvalue weighted by atomic mass is 32.2. The van der Waals surface area contributed by atoms with Crippen molar-refractivity contribution < 1.29 is 13.2 Å². The number of nitrogens with zero attached hydrogens (tertiary/aromatic N) is 8. The van der Waals surface area contributed by atoms with Gasteiger partial charge in [-0.05, 0) is 27.2 Å². The molecule has 2 aliphatic rings. The molecule has 2 aromatic heterocycles. The smallest absolute Gasteiger partial charge is 0.282 e. The molecule has 2 aromatic rings. The number of aryl methyl sites for hydroxylation is 2. The van der Waals surface area contributed by atoms with E-state index >= 15 is 0 Å². The topological polar surface area (TPSA) is 107 Å². The third kappa shape index (κ3) is 4.49. The highest BCUT2D eigenvalue weighted by Gasteiger charge is 2.34. The first-order valence-electron chi connectivity index (χ1n) is 10.7. The number of piperazine rings is 2. The van der Waals surface area contributed by atoms with Gasteiger partial charge in [0.1, 0.15) is 0 Å². The van der Waals surface area contributed by atoms with E-state index in [0.29, 0.717) is 50.2 Å². The van der Waals surface area contributed by atoms with Crippen LogP contribution in [0.1, 0.15) is 17.0 Å². The molecule has 2 fully saturated rings. The Hall–Kier alpha value is -1.80. The summed E-state index contributed by atoms with van der Waals surface area (Å²) in [7, 11) is -1.49. The van der Waals surface area contributed by atoms with Crippen molar-refractivity contribution in [1.82, 2.24) is 38.0 Å². The third-order valence-electron chi connectivity index (χ3n) is 6.25. The Morgan fingerprint density at radius 1 is 0.969 bits per heavy atom. The Morgan fingerprint density at radius 3 is 2.16 bits per heavy atom. The zero-order valence-electron chi connectivity index (χ0n) is 19.0. The average molecular weight is 483 g/mol. The van der Waals surface area contributed by atoms with Crippen molar-refractivity contribution in [2.45, 2.75) is 25.4 Å². The third-order valence-corrected chi connectivity index (χ3v) is 8.82. The van der Waals surface area contributed by atoms with Crippen LogP contribution < -0.4 is 0 Å². The largest absolute Gasteiger partial charge is 0.340 e. The van der Waals surface area contributed by atoms with E-state index in [0.717, 1.165) is 30.0 Å². The summed E-state index contributed by atoms with van der Waals surface area (Å²) in [5, 5.41) is 5.08. The molecule has 0 saturated carbocycles. The van der Waals surface area contributed by atoms with Crippen molar-refractivity contribution in [3.8, 4) is 0 Å². The zero-order valence-corrected chi connectivity index (χ0v) is 20.6. The van der Waals surface area contributed by atoms with Gasteiger partial charge < -0.3 is 9.80 Å². The Labute approximate surface area is 192 Å². The summed E-state index contributed by atoms with van der Waals surface area (Å²) >= 11 is 1.45. The van der Waals surface area contributed by atoms with Gasteiger partial charge in [-0.15, -0.1) is 5.10 Å². The molecule has 1 amide bonds. The molecule has 0 unspecified atom stereocenters. The molecular weight excluding hydrogens is 452 g/mol. The summed E-state index contributed by atoms with van der Waals surface area (Å²) in [5.41, 5.74) is 2.46. The normalized spacial score (nSPS) is 19.7. The van der Waals surface area contributed by atoms with Gasteiger partial charge in [-0.1, -0.05) is 11.8 Å². The van der Waals surface area contributed by atoms with E-state index in [1.54, 1.807) is 13.7 Å². The fourth-order valence-corrected chi connectivity index (χ4v) is 6.06. The Morgan fingerprint density at radius 2 is 1.56 bits per heavy atom. The summed E-state index contributed by atoms with van der Waals surface area (Å²) < 4.78 is 30.7. The average Bonchev–Trinajstić information content (AvgIpc) is 3.20. The Balaban J connectivity index is 1.41. The predicted octanol–water partition coefficient (Wildman–Crippen LogP) is -0.358. The maximum Gasteiger partial charge on any atom is 0.282 e. The molecule has 4 heterocycles. The maximum atomic E-state index is 13.0. The van der Waals surface area contributed by atoms with Crippen molar-refractivity contribution in [3.63, 3.8) is 0 Å². The molecule has 0 N–H and O–H groups in total. The number of likely N-dealkylation sites (N-methyl/N-ethyl adjacent to an activating group) is 1. The lowest BCUT2D eigenvalue weighted by Gasteiger charge is -2.39. The number of carbonyl (C=O) groups is 1.